The van der Waals surface area contributed by atoms with Crippen molar-refractivity contribution in [3.05, 3.63) is 101 Å². The number of anilines is 2. The van der Waals surface area contributed by atoms with Crippen molar-refractivity contribution in [3.8, 4) is 22.9 Å². The Labute approximate surface area is 192 Å². The molecule has 164 valence electrons. The van der Waals surface area contributed by atoms with Gasteiger partial charge in [0.2, 0.25) is 5.95 Å². The SMILES string of the molecule is N#Cc1ccc(COc2ccc(-c3c(N)nc(N)nc3COCc3ccccc3)cc2)cc1. The number of ether oxygens (including phenoxy) is 2. The van der Waals surface area contributed by atoms with Crippen LogP contribution < -0.4 is 16.2 Å². The zero-order valence-corrected chi connectivity index (χ0v) is 17.9. The molecule has 0 aliphatic heterocycles. The number of hydrogen-bond donors (Lipinski definition) is 2. The molecule has 0 aliphatic rings. The number of hydrogen-bond acceptors (Lipinski definition) is 7. The lowest BCUT2D eigenvalue weighted by Gasteiger charge is -2.13. The number of aromatic nitrogens is 2. The molecule has 4 aromatic rings. The topological polar surface area (TPSA) is 120 Å². The van der Waals surface area contributed by atoms with E-state index in [1.165, 1.54) is 0 Å². The molecule has 33 heavy (non-hydrogen) atoms. The minimum Gasteiger partial charge on any atom is -0.489 e. The van der Waals surface area contributed by atoms with Crippen LogP contribution in [0, 0.1) is 11.3 Å². The molecule has 0 atom stereocenters. The van der Waals surface area contributed by atoms with Crippen LogP contribution >= 0.6 is 0 Å². The van der Waals surface area contributed by atoms with Gasteiger partial charge < -0.3 is 20.9 Å². The fourth-order valence-corrected chi connectivity index (χ4v) is 3.37. The highest BCUT2D eigenvalue weighted by molar-refractivity contribution is 5.77. The maximum Gasteiger partial charge on any atom is 0.222 e. The summed E-state index contributed by atoms with van der Waals surface area (Å²) in [6.45, 7) is 1.10. The lowest BCUT2D eigenvalue weighted by atomic mass is 10.0. The molecule has 0 amide bonds. The minimum atomic E-state index is 0.108. The van der Waals surface area contributed by atoms with Crippen LogP contribution in [-0.2, 0) is 24.6 Å². The van der Waals surface area contributed by atoms with Gasteiger partial charge in [-0.1, -0.05) is 54.6 Å². The zero-order chi connectivity index (χ0) is 23.0. The van der Waals surface area contributed by atoms with Crippen LogP contribution in [0.25, 0.3) is 11.1 Å². The predicted molar refractivity (Wildman–Crippen MR) is 127 cm³/mol. The number of benzene rings is 3. The molecule has 1 heterocycles. The maximum atomic E-state index is 8.90. The van der Waals surface area contributed by atoms with Gasteiger partial charge in [0.05, 0.1) is 30.5 Å². The van der Waals surface area contributed by atoms with E-state index in [9.17, 15) is 0 Å². The summed E-state index contributed by atoms with van der Waals surface area (Å²) in [5, 5.41) is 8.90. The summed E-state index contributed by atoms with van der Waals surface area (Å²) in [4.78, 5) is 8.49. The molecule has 0 spiro atoms. The van der Waals surface area contributed by atoms with Crippen LogP contribution in [0.3, 0.4) is 0 Å². The molecular weight excluding hydrogens is 414 g/mol. The van der Waals surface area contributed by atoms with Crippen LogP contribution in [0.4, 0.5) is 11.8 Å². The molecule has 7 heteroatoms. The predicted octanol–water partition coefficient (Wildman–Crippen LogP) is 4.48. The van der Waals surface area contributed by atoms with Crippen molar-refractivity contribution in [2.24, 2.45) is 0 Å². The van der Waals surface area contributed by atoms with E-state index in [0.717, 1.165) is 16.7 Å². The first-order valence-corrected chi connectivity index (χ1v) is 10.4. The van der Waals surface area contributed by atoms with E-state index in [2.05, 4.69) is 16.0 Å². The second kappa shape index (κ2) is 10.3. The number of nitrogens with two attached hydrogens (primary N) is 2. The summed E-state index contributed by atoms with van der Waals surface area (Å²) >= 11 is 0. The van der Waals surface area contributed by atoms with E-state index >= 15 is 0 Å². The molecule has 0 saturated carbocycles. The van der Waals surface area contributed by atoms with Gasteiger partial charge in [0, 0.05) is 5.56 Å². The smallest absolute Gasteiger partial charge is 0.222 e. The number of rotatable bonds is 8. The van der Waals surface area contributed by atoms with Gasteiger partial charge in [-0.3, -0.25) is 0 Å². The first-order valence-electron chi connectivity index (χ1n) is 10.4. The van der Waals surface area contributed by atoms with Gasteiger partial charge in [-0.15, -0.1) is 0 Å². The van der Waals surface area contributed by atoms with Gasteiger partial charge in [0.1, 0.15) is 18.2 Å². The summed E-state index contributed by atoms with van der Waals surface area (Å²) in [7, 11) is 0. The second-order valence-electron chi connectivity index (χ2n) is 7.39. The third-order valence-corrected chi connectivity index (χ3v) is 5.01. The van der Waals surface area contributed by atoms with Gasteiger partial charge in [-0.05, 0) is 41.0 Å². The monoisotopic (exact) mass is 437 g/mol. The van der Waals surface area contributed by atoms with Crippen LogP contribution in [0.2, 0.25) is 0 Å². The summed E-state index contributed by atoms with van der Waals surface area (Å²) < 4.78 is 11.7. The molecule has 0 fully saturated rings. The Kier molecular flexibility index (Phi) is 6.78. The molecule has 0 radical (unpaired) electrons. The molecule has 4 rings (SSSR count). The van der Waals surface area contributed by atoms with E-state index in [4.69, 9.17) is 26.2 Å². The Hall–Kier alpha value is -4.41. The first kappa shape index (κ1) is 21.8. The van der Waals surface area contributed by atoms with E-state index in [-0.39, 0.29) is 12.6 Å². The highest BCUT2D eigenvalue weighted by Gasteiger charge is 2.14. The van der Waals surface area contributed by atoms with Gasteiger partial charge in [-0.25, -0.2) is 4.98 Å². The molecule has 0 bridgehead atoms. The van der Waals surface area contributed by atoms with Crippen molar-refractivity contribution in [2.45, 2.75) is 19.8 Å². The van der Waals surface area contributed by atoms with Crippen molar-refractivity contribution in [1.29, 1.82) is 5.26 Å². The first-order chi connectivity index (χ1) is 16.1. The molecule has 0 unspecified atom stereocenters. The summed E-state index contributed by atoms with van der Waals surface area (Å²) in [6.07, 6.45) is 0. The average molecular weight is 438 g/mol. The number of nitriles is 1. The minimum absolute atomic E-state index is 0.108. The van der Waals surface area contributed by atoms with Gasteiger partial charge in [-0.2, -0.15) is 10.2 Å². The quantitative estimate of drug-likeness (QED) is 0.417. The zero-order valence-electron chi connectivity index (χ0n) is 17.9. The molecule has 0 saturated heterocycles. The molecule has 0 aliphatic carbocycles. The lowest BCUT2D eigenvalue weighted by molar-refractivity contribution is 0.105. The van der Waals surface area contributed by atoms with Crippen LogP contribution in [0.15, 0.2) is 78.9 Å². The van der Waals surface area contributed by atoms with Crippen molar-refractivity contribution < 1.29 is 9.47 Å². The summed E-state index contributed by atoms with van der Waals surface area (Å²) in [5.74, 6) is 1.11. The second-order valence-corrected chi connectivity index (χ2v) is 7.39. The van der Waals surface area contributed by atoms with E-state index in [1.54, 1.807) is 12.1 Å². The maximum absolute atomic E-state index is 8.90. The largest absolute Gasteiger partial charge is 0.489 e. The highest BCUT2D eigenvalue weighted by atomic mass is 16.5. The normalized spacial score (nSPS) is 10.5. The van der Waals surface area contributed by atoms with Gasteiger partial charge in [0.25, 0.3) is 0 Å². The third-order valence-electron chi connectivity index (χ3n) is 5.01. The van der Waals surface area contributed by atoms with Gasteiger partial charge in [0.15, 0.2) is 0 Å². The Morgan fingerprint density at radius 1 is 0.758 bits per heavy atom. The average Bonchev–Trinajstić information content (AvgIpc) is 2.84. The van der Waals surface area contributed by atoms with E-state index < -0.39 is 0 Å². The lowest BCUT2D eigenvalue weighted by Crippen LogP contribution is -2.08. The van der Waals surface area contributed by atoms with E-state index in [1.807, 2.05) is 66.7 Å². The molecular formula is C26H23N5O2. The summed E-state index contributed by atoms with van der Waals surface area (Å²) in [6, 6.07) is 26.8. The molecule has 7 nitrogen and oxygen atoms in total. The Morgan fingerprint density at radius 2 is 1.45 bits per heavy atom. The number of nitrogens with zero attached hydrogens (tertiary/aromatic N) is 3. The molecule has 3 aromatic carbocycles. The van der Waals surface area contributed by atoms with Crippen molar-refractivity contribution in [3.63, 3.8) is 0 Å². The fourth-order valence-electron chi connectivity index (χ4n) is 3.37. The molecule has 1 aromatic heterocycles. The summed E-state index contributed by atoms with van der Waals surface area (Å²) in [5.41, 5.74) is 16.9. The Morgan fingerprint density at radius 3 is 2.15 bits per heavy atom. The van der Waals surface area contributed by atoms with Crippen molar-refractivity contribution in [2.75, 3.05) is 11.5 Å². The standard InChI is InChI=1S/C26H23N5O2/c27-14-18-6-8-20(9-7-18)16-33-22-12-10-21(11-13-22)24-23(30-26(29)31-25(24)28)17-32-15-19-4-2-1-3-5-19/h1-13H,15-17H2,(H4,28,29,30,31). The Balaban J connectivity index is 1.46. The third kappa shape index (κ3) is 5.64. The molecule has 4 N–H and O–H groups in total. The van der Waals surface area contributed by atoms with Crippen molar-refractivity contribution in [1.82, 2.24) is 9.97 Å². The van der Waals surface area contributed by atoms with Crippen LogP contribution in [0.1, 0.15) is 22.4 Å². The van der Waals surface area contributed by atoms with Gasteiger partial charge >= 0.3 is 0 Å². The highest BCUT2D eigenvalue weighted by Crippen LogP contribution is 2.30. The van der Waals surface area contributed by atoms with E-state index in [0.29, 0.717) is 41.6 Å². The Bertz CT molecular complexity index is 1250. The van der Waals surface area contributed by atoms with Crippen LogP contribution in [-0.4, -0.2) is 9.97 Å². The van der Waals surface area contributed by atoms with Crippen molar-refractivity contribution >= 4 is 11.8 Å². The van der Waals surface area contributed by atoms with Crippen LogP contribution in [0.5, 0.6) is 5.75 Å². The fraction of sp³-hybridized carbons (Fsp3) is 0.115. The number of nitrogen functional groups attached to an aromatic ring is 2.